The zero-order valence-corrected chi connectivity index (χ0v) is 8.87. The second-order valence-electron chi connectivity index (χ2n) is 3.53. The Hall–Kier alpha value is -0.770. The van der Waals surface area contributed by atoms with Crippen LogP contribution in [0.4, 0.5) is 0 Å². The number of imidazole rings is 1. The van der Waals surface area contributed by atoms with E-state index in [2.05, 4.69) is 9.55 Å². The van der Waals surface area contributed by atoms with Crippen molar-refractivity contribution >= 4 is 18.0 Å². The molecule has 4 heteroatoms. The number of carbonyl (C=O) groups excluding carboxylic acids is 1. The van der Waals surface area contributed by atoms with Gasteiger partial charge in [0.1, 0.15) is 6.29 Å². The van der Waals surface area contributed by atoms with Crippen molar-refractivity contribution in [1.29, 1.82) is 0 Å². The predicted octanol–water partition coefficient (Wildman–Crippen LogP) is 2.29. The molecular weight excluding hydrogens is 196 g/mol. The van der Waals surface area contributed by atoms with E-state index in [0.717, 1.165) is 11.4 Å². The van der Waals surface area contributed by atoms with Gasteiger partial charge in [0.25, 0.3) is 0 Å². The highest BCUT2D eigenvalue weighted by Crippen LogP contribution is 2.32. The number of aromatic nitrogens is 2. The average Bonchev–Trinajstić information content (AvgIpc) is 2.84. The van der Waals surface area contributed by atoms with Crippen LogP contribution in [0.1, 0.15) is 31.7 Å². The molecule has 0 radical (unpaired) electrons. The summed E-state index contributed by atoms with van der Waals surface area (Å²) in [6, 6.07) is 0.617. The number of thioether (sulfide) groups is 1. The number of rotatable bonds is 4. The van der Waals surface area contributed by atoms with Crippen molar-refractivity contribution in [3.63, 3.8) is 0 Å². The summed E-state index contributed by atoms with van der Waals surface area (Å²) in [4.78, 5) is 14.5. The predicted molar refractivity (Wildman–Crippen MR) is 56.5 cm³/mol. The first-order valence-corrected chi connectivity index (χ1v) is 5.99. The van der Waals surface area contributed by atoms with E-state index in [1.54, 1.807) is 0 Å². The maximum absolute atomic E-state index is 10.3. The minimum Gasteiger partial charge on any atom is -0.323 e. The van der Waals surface area contributed by atoms with Crippen LogP contribution in [0, 0.1) is 0 Å². The zero-order valence-electron chi connectivity index (χ0n) is 8.06. The van der Waals surface area contributed by atoms with Crippen LogP contribution < -0.4 is 0 Å². The maximum Gasteiger partial charge on any atom is 0.168 e. The summed E-state index contributed by atoms with van der Waals surface area (Å²) >= 11 is 1.52. The van der Waals surface area contributed by atoms with Crippen molar-refractivity contribution in [1.82, 2.24) is 9.55 Å². The Kier molecular flexibility index (Phi) is 3.24. The number of hydrogen-bond donors (Lipinski definition) is 0. The summed E-state index contributed by atoms with van der Waals surface area (Å²) < 4.78 is 2.22. The fraction of sp³-hybridized carbons (Fsp3) is 0.600. The number of nitrogens with zero attached hydrogens (tertiary/aromatic N) is 2. The number of hydrogen-bond acceptors (Lipinski definition) is 3. The minimum absolute atomic E-state index is 0.504. The van der Waals surface area contributed by atoms with Crippen molar-refractivity contribution < 1.29 is 4.79 Å². The second-order valence-corrected chi connectivity index (χ2v) is 4.52. The molecule has 1 aromatic heterocycles. The molecule has 0 N–H and O–H groups in total. The SMILES string of the molecule is O=CCSc1nccn1C1CCCC1. The van der Waals surface area contributed by atoms with Crippen molar-refractivity contribution in [2.24, 2.45) is 0 Å². The molecule has 14 heavy (non-hydrogen) atoms. The molecule has 1 aromatic rings. The van der Waals surface area contributed by atoms with Gasteiger partial charge in [-0.25, -0.2) is 4.98 Å². The molecule has 3 nitrogen and oxygen atoms in total. The summed E-state index contributed by atoms with van der Waals surface area (Å²) in [6.07, 6.45) is 9.93. The highest BCUT2D eigenvalue weighted by atomic mass is 32.2. The van der Waals surface area contributed by atoms with E-state index >= 15 is 0 Å². The molecule has 1 saturated carbocycles. The average molecular weight is 210 g/mol. The van der Waals surface area contributed by atoms with Crippen LogP contribution in [0.25, 0.3) is 0 Å². The van der Waals surface area contributed by atoms with Gasteiger partial charge in [0.2, 0.25) is 0 Å². The lowest BCUT2D eigenvalue weighted by atomic mass is 10.2. The van der Waals surface area contributed by atoms with Crippen LogP contribution in [0.15, 0.2) is 17.6 Å². The summed E-state index contributed by atoms with van der Waals surface area (Å²) in [5, 5.41) is 0.990. The van der Waals surface area contributed by atoms with Crippen LogP contribution >= 0.6 is 11.8 Å². The Balaban J connectivity index is 2.07. The summed E-state index contributed by atoms with van der Waals surface area (Å²) in [5.41, 5.74) is 0. The first-order valence-electron chi connectivity index (χ1n) is 5.01. The van der Waals surface area contributed by atoms with Gasteiger partial charge in [-0.05, 0) is 12.8 Å². The molecule has 1 aliphatic rings. The lowest BCUT2D eigenvalue weighted by Crippen LogP contribution is -2.05. The van der Waals surface area contributed by atoms with E-state index in [-0.39, 0.29) is 0 Å². The van der Waals surface area contributed by atoms with Gasteiger partial charge >= 0.3 is 0 Å². The molecular formula is C10H14N2OS. The third kappa shape index (κ3) is 2.00. The molecule has 0 bridgehead atoms. The zero-order chi connectivity index (χ0) is 9.80. The third-order valence-corrected chi connectivity index (χ3v) is 3.51. The van der Waals surface area contributed by atoms with E-state index in [9.17, 15) is 4.79 Å². The third-order valence-electron chi connectivity index (χ3n) is 2.63. The monoisotopic (exact) mass is 210 g/mol. The van der Waals surface area contributed by atoms with Gasteiger partial charge in [-0.2, -0.15) is 0 Å². The van der Waals surface area contributed by atoms with E-state index in [4.69, 9.17) is 0 Å². The lowest BCUT2D eigenvalue weighted by molar-refractivity contribution is -0.105. The molecule has 0 aliphatic heterocycles. The van der Waals surface area contributed by atoms with Gasteiger partial charge in [0.15, 0.2) is 5.16 Å². The molecule has 1 heterocycles. The molecule has 1 aliphatic carbocycles. The highest BCUT2D eigenvalue weighted by Gasteiger charge is 2.18. The van der Waals surface area contributed by atoms with Gasteiger partial charge < -0.3 is 9.36 Å². The van der Waals surface area contributed by atoms with E-state index in [0.29, 0.717) is 11.8 Å². The van der Waals surface area contributed by atoms with Crippen LogP contribution in [-0.4, -0.2) is 21.6 Å². The van der Waals surface area contributed by atoms with E-state index in [1.165, 1.54) is 37.4 Å². The largest absolute Gasteiger partial charge is 0.323 e. The maximum atomic E-state index is 10.3. The van der Waals surface area contributed by atoms with E-state index < -0.39 is 0 Å². The molecule has 0 atom stereocenters. The topological polar surface area (TPSA) is 34.9 Å². The molecule has 1 fully saturated rings. The quantitative estimate of drug-likeness (QED) is 0.565. The van der Waals surface area contributed by atoms with Crippen molar-refractivity contribution in [2.45, 2.75) is 36.9 Å². The van der Waals surface area contributed by atoms with Gasteiger partial charge in [-0.1, -0.05) is 24.6 Å². The van der Waals surface area contributed by atoms with Crippen LogP contribution in [0.2, 0.25) is 0 Å². The Labute approximate surface area is 87.9 Å². The highest BCUT2D eigenvalue weighted by molar-refractivity contribution is 7.99. The smallest absolute Gasteiger partial charge is 0.168 e. The Morgan fingerprint density at radius 3 is 3.07 bits per heavy atom. The molecule has 2 rings (SSSR count). The first-order chi connectivity index (χ1) is 6.92. The van der Waals surface area contributed by atoms with Crippen molar-refractivity contribution in [3.05, 3.63) is 12.4 Å². The summed E-state index contributed by atoms with van der Waals surface area (Å²) in [5.74, 6) is 0.504. The second kappa shape index (κ2) is 4.64. The van der Waals surface area contributed by atoms with E-state index in [1.807, 2.05) is 12.4 Å². The fourth-order valence-corrected chi connectivity index (χ4v) is 2.69. The fourth-order valence-electron chi connectivity index (χ4n) is 1.98. The molecule has 0 aromatic carbocycles. The minimum atomic E-state index is 0.504. The molecule has 0 unspecified atom stereocenters. The van der Waals surface area contributed by atoms with Crippen LogP contribution in [-0.2, 0) is 4.79 Å². The van der Waals surface area contributed by atoms with Gasteiger partial charge in [-0.3, -0.25) is 0 Å². The summed E-state index contributed by atoms with van der Waals surface area (Å²) in [7, 11) is 0. The molecule has 0 saturated heterocycles. The van der Waals surface area contributed by atoms with Crippen LogP contribution in [0.5, 0.6) is 0 Å². The summed E-state index contributed by atoms with van der Waals surface area (Å²) in [6.45, 7) is 0. The van der Waals surface area contributed by atoms with Crippen molar-refractivity contribution in [3.8, 4) is 0 Å². The Bertz CT molecular complexity index is 305. The standard InChI is InChI=1S/C10H14N2OS/c13-7-8-14-10-11-5-6-12(10)9-3-1-2-4-9/h5-7,9H,1-4,8H2. The lowest BCUT2D eigenvalue weighted by Gasteiger charge is -2.13. The Morgan fingerprint density at radius 2 is 2.36 bits per heavy atom. The van der Waals surface area contributed by atoms with Crippen molar-refractivity contribution in [2.75, 3.05) is 5.75 Å². The van der Waals surface area contributed by atoms with Gasteiger partial charge in [0.05, 0.1) is 5.75 Å². The van der Waals surface area contributed by atoms with Gasteiger partial charge in [0, 0.05) is 18.4 Å². The molecule has 0 spiro atoms. The Morgan fingerprint density at radius 1 is 1.57 bits per heavy atom. The van der Waals surface area contributed by atoms with Gasteiger partial charge in [-0.15, -0.1) is 0 Å². The first kappa shape index (κ1) is 9.77. The molecule has 76 valence electrons. The normalized spacial score (nSPS) is 17.4. The number of carbonyl (C=O) groups is 1. The molecule has 0 amide bonds. The number of aldehydes is 1. The van der Waals surface area contributed by atoms with Crippen LogP contribution in [0.3, 0.4) is 0 Å².